The number of ether oxygens (including phenoxy) is 1. The zero-order chi connectivity index (χ0) is 25.9. The molecule has 198 valence electrons. The topological polar surface area (TPSA) is 76.6 Å². The molecule has 1 saturated heterocycles. The lowest BCUT2D eigenvalue weighted by Gasteiger charge is -2.45. The summed E-state index contributed by atoms with van der Waals surface area (Å²) < 4.78 is 67.2. The third-order valence-electron chi connectivity index (χ3n) is 6.77. The van der Waals surface area contributed by atoms with Crippen molar-refractivity contribution in [3.8, 4) is 5.75 Å². The van der Waals surface area contributed by atoms with Crippen LogP contribution in [-0.4, -0.2) is 42.7 Å². The van der Waals surface area contributed by atoms with Gasteiger partial charge in [0.15, 0.2) is 9.84 Å². The van der Waals surface area contributed by atoms with Crippen molar-refractivity contribution >= 4 is 15.7 Å². The lowest BCUT2D eigenvalue weighted by Crippen LogP contribution is -2.48. The molecule has 2 heterocycles. The Bertz CT molecular complexity index is 1260. The van der Waals surface area contributed by atoms with Crippen molar-refractivity contribution in [1.82, 2.24) is 9.88 Å². The predicted octanol–water partition coefficient (Wildman–Crippen LogP) is 6.02. The van der Waals surface area contributed by atoms with Crippen LogP contribution in [0.4, 0.5) is 13.2 Å². The molecule has 0 unspecified atom stereocenters. The first kappa shape index (κ1) is 28.0. The van der Waals surface area contributed by atoms with Gasteiger partial charge in [-0.05, 0) is 67.3 Å². The van der Waals surface area contributed by atoms with E-state index in [0.29, 0.717) is 6.54 Å². The van der Waals surface area contributed by atoms with Gasteiger partial charge in [-0.1, -0.05) is 40.3 Å². The first-order valence-corrected chi connectivity index (χ1v) is 13.0. The molecule has 1 saturated carbocycles. The molecule has 1 aliphatic heterocycles. The van der Waals surface area contributed by atoms with Gasteiger partial charge in [-0.3, -0.25) is 4.79 Å². The second-order valence-corrected chi connectivity index (χ2v) is 13.2. The van der Waals surface area contributed by atoms with Crippen molar-refractivity contribution in [2.75, 3.05) is 6.54 Å². The molecule has 0 radical (unpaired) electrons. The molecule has 10 heteroatoms. The van der Waals surface area contributed by atoms with Crippen molar-refractivity contribution < 1.29 is 31.1 Å². The molecule has 6 nitrogen and oxygen atoms in total. The first-order valence-electron chi connectivity index (χ1n) is 11.4. The fourth-order valence-corrected chi connectivity index (χ4v) is 7.74. The van der Waals surface area contributed by atoms with Crippen LogP contribution >= 0.6 is 0 Å². The van der Waals surface area contributed by atoms with Gasteiger partial charge < -0.3 is 9.64 Å². The maximum absolute atomic E-state index is 13.5. The zero-order valence-electron chi connectivity index (χ0n) is 20.1. The number of rotatable bonds is 5. The number of halogens is 3. The van der Waals surface area contributed by atoms with Crippen LogP contribution in [0.3, 0.4) is 0 Å². The Morgan fingerprint density at radius 3 is 2.39 bits per heavy atom. The van der Waals surface area contributed by atoms with Crippen LogP contribution < -0.4 is 4.74 Å². The molecule has 2 atom stereocenters. The first-order chi connectivity index (χ1) is 16.0. The van der Waals surface area contributed by atoms with E-state index in [9.17, 15) is 26.4 Å². The van der Waals surface area contributed by atoms with E-state index in [-0.39, 0.29) is 46.0 Å². The number of carbonyl (C=O) groups excluding carboxylic acids is 1. The maximum atomic E-state index is 13.5. The molecule has 4 rings (SSSR count). The number of amides is 1. The summed E-state index contributed by atoms with van der Waals surface area (Å²) in [5, 5.41) is 0. The molecule has 1 aromatic heterocycles. The normalized spacial score (nSPS) is 25.2. The molecule has 2 bridgehead atoms. The molecule has 2 aliphatic rings. The van der Waals surface area contributed by atoms with Crippen molar-refractivity contribution in [3.05, 3.63) is 53.9 Å². The highest BCUT2D eigenvalue weighted by atomic mass is 32.2. The Morgan fingerprint density at radius 2 is 1.72 bits per heavy atom. The van der Waals surface area contributed by atoms with Gasteiger partial charge in [0.2, 0.25) is 0 Å². The number of sulfone groups is 1. The Labute approximate surface area is 210 Å². The number of carbonyl (C=O) groups is 1. The fraction of sp³-hybridized carbons (Fsp3) is 0.538. The molecular weight excluding hydrogens is 493 g/mol. The number of nitrogens with zero attached hydrogens (tertiary/aromatic N) is 2. The molecule has 1 aliphatic carbocycles. The molecule has 36 heavy (non-hydrogen) atoms. The number of aromatic nitrogens is 1. The van der Waals surface area contributed by atoms with E-state index in [2.05, 4.69) is 37.4 Å². The van der Waals surface area contributed by atoms with Crippen LogP contribution in [0.5, 0.6) is 5.75 Å². The van der Waals surface area contributed by atoms with Gasteiger partial charge >= 0.3 is 6.36 Å². The minimum Gasteiger partial charge on any atom is -0.406 e. The highest BCUT2D eigenvalue weighted by Gasteiger charge is 2.57. The van der Waals surface area contributed by atoms with E-state index in [1.807, 2.05) is 4.90 Å². The third kappa shape index (κ3) is 5.85. The van der Waals surface area contributed by atoms with Gasteiger partial charge in [-0.15, -0.1) is 13.2 Å². The summed E-state index contributed by atoms with van der Waals surface area (Å²) in [4.78, 5) is 19.4. The Kier molecular flexibility index (Phi) is 7.02. The van der Waals surface area contributed by atoms with Crippen LogP contribution in [0.25, 0.3) is 0 Å². The average molecular weight is 527 g/mol. The van der Waals surface area contributed by atoms with Crippen LogP contribution in [-0.2, 0) is 15.6 Å². The largest absolute Gasteiger partial charge is 0.573 e. The number of hydrogen-bond donors (Lipinski definition) is 0. The van der Waals surface area contributed by atoms with Crippen molar-refractivity contribution in [1.29, 1.82) is 0 Å². The zero-order valence-corrected chi connectivity index (χ0v) is 21.0. The number of alkyl halides is 3. The Hall–Kier alpha value is -2.62. The van der Waals surface area contributed by atoms with E-state index in [1.54, 1.807) is 12.1 Å². The SMILES string of the molecule is C.CC1(C)C[C@]2(C)CN(C(=O)c3cccc(CS(=O)(=O)c4cccc(OC(F)(F)F)c4)n3)[C@](C)(C1)C2. The highest BCUT2D eigenvalue weighted by molar-refractivity contribution is 7.90. The minimum atomic E-state index is -4.94. The van der Waals surface area contributed by atoms with Crippen LogP contribution in [0.1, 0.15) is 70.6 Å². The van der Waals surface area contributed by atoms with Crippen molar-refractivity contribution in [2.24, 2.45) is 10.8 Å². The maximum Gasteiger partial charge on any atom is 0.573 e. The van der Waals surface area contributed by atoms with Gasteiger partial charge in [0, 0.05) is 12.1 Å². The summed E-state index contributed by atoms with van der Waals surface area (Å²) in [6.07, 6.45) is -2.15. The number of likely N-dealkylation sites (tertiary alicyclic amines) is 1. The standard InChI is InChI=1S/C25H29F3N2O4S.CH4/c1-22(2)13-23(3)15-24(4,14-22)30(16-23)21(31)20-10-5-7-17(29-20)12-35(32,33)19-9-6-8-18(11-19)34-25(26,27)28;/h5-11H,12-16H2,1-4H3;1H4/t23-,24+;/m0./s1. The molecular formula is C26H33F3N2O4S. The van der Waals surface area contributed by atoms with E-state index < -0.39 is 27.7 Å². The summed E-state index contributed by atoms with van der Waals surface area (Å²) in [6, 6.07) is 8.85. The number of benzene rings is 1. The average Bonchev–Trinajstić information content (AvgIpc) is 2.89. The lowest BCUT2D eigenvalue weighted by molar-refractivity contribution is -0.274. The second-order valence-electron chi connectivity index (χ2n) is 11.2. The Balaban J connectivity index is 0.00000361. The Morgan fingerprint density at radius 1 is 1.06 bits per heavy atom. The van der Waals surface area contributed by atoms with Gasteiger partial charge in [0.05, 0.1) is 16.3 Å². The molecule has 1 aromatic carbocycles. The summed E-state index contributed by atoms with van der Waals surface area (Å²) in [5.74, 6) is -1.43. The fourth-order valence-electron chi connectivity index (χ4n) is 6.45. The van der Waals surface area contributed by atoms with Crippen LogP contribution in [0.15, 0.2) is 47.4 Å². The predicted molar refractivity (Wildman–Crippen MR) is 130 cm³/mol. The van der Waals surface area contributed by atoms with Gasteiger partial charge in [-0.2, -0.15) is 0 Å². The second kappa shape index (κ2) is 9.04. The number of pyridine rings is 1. The lowest BCUT2D eigenvalue weighted by atomic mass is 9.61. The van der Waals surface area contributed by atoms with E-state index in [1.165, 1.54) is 18.2 Å². The summed E-state index contributed by atoms with van der Waals surface area (Å²) in [7, 11) is -4.04. The number of hydrogen-bond acceptors (Lipinski definition) is 5. The minimum absolute atomic E-state index is 0. The summed E-state index contributed by atoms with van der Waals surface area (Å²) in [6.45, 7) is 9.35. The highest BCUT2D eigenvalue weighted by Crippen LogP contribution is 2.57. The van der Waals surface area contributed by atoms with Crippen LogP contribution in [0, 0.1) is 10.8 Å². The van der Waals surface area contributed by atoms with Crippen LogP contribution in [0.2, 0.25) is 0 Å². The molecule has 2 fully saturated rings. The smallest absolute Gasteiger partial charge is 0.406 e. The monoisotopic (exact) mass is 526 g/mol. The molecule has 0 spiro atoms. The number of fused-ring (bicyclic) bond motifs is 2. The van der Waals surface area contributed by atoms with Gasteiger partial charge in [-0.25, -0.2) is 13.4 Å². The molecule has 0 N–H and O–H groups in total. The van der Waals surface area contributed by atoms with Gasteiger partial charge in [0.25, 0.3) is 5.91 Å². The molecule has 1 amide bonds. The van der Waals surface area contributed by atoms with E-state index in [0.717, 1.165) is 31.4 Å². The van der Waals surface area contributed by atoms with Crippen molar-refractivity contribution in [3.63, 3.8) is 0 Å². The van der Waals surface area contributed by atoms with E-state index in [4.69, 9.17) is 0 Å². The van der Waals surface area contributed by atoms with E-state index >= 15 is 0 Å². The molecule has 2 aromatic rings. The third-order valence-corrected chi connectivity index (χ3v) is 8.42. The summed E-state index contributed by atoms with van der Waals surface area (Å²) >= 11 is 0. The summed E-state index contributed by atoms with van der Waals surface area (Å²) in [5.41, 5.74) is 0.0936. The van der Waals surface area contributed by atoms with Crippen molar-refractivity contribution in [2.45, 2.75) is 76.9 Å². The quantitative estimate of drug-likeness (QED) is 0.476. The van der Waals surface area contributed by atoms with Gasteiger partial charge in [0.1, 0.15) is 11.4 Å².